The lowest BCUT2D eigenvalue weighted by molar-refractivity contribution is 1.07. The van der Waals surface area contributed by atoms with E-state index >= 15 is 0 Å². The van der Waals surface area contributed by atoms with Gasteiger partial charge in [0.25, 0.3) is 0 Å². The van der Waals surface area contributed by atoms with E-state index in [0.717, 1.165) is 44.3 Å². The van der Waals surface area contributed by atoms with Crippen LogP contribution in [0.2, 0.25) is 15.5 Å². The molecule has 8 rings (SSSR count). The van der Waals surface area contributed by atoms with Gasteiger partial charge < -0.3 is 11.1 Å². The van der Waals surface area contributed by atoms with Crippen LogP contribution in [0.5, 0.6) is 0 Å². The number of hydrogen-bond acceptors (Lipinski definition) is 8. The highest BCUT2D eigenvalue weighted by Crippen LogP contribution is 2.25. The Morgan fingerprint density at radius 1 is 0.509 bits per heavy atom. The van der Waals surface area contributed by atoms with Crippen LogP contribution >= 0.6 is 34.8 Å². The minimum Gasteiger partial charge on any atom is -0.365 e. The normalized spacial score (nSPS) is 10.6. The maximum Gasteiger partial charge on any atom is 0.138 e. The van der Waals surface area contributed by atoms with E-state index in [1.54, 1.807) is 30.9 Å². The molecule has 6 aromatic heterocycles. The van der Waals surface area contributed by atoms with E-state index in [4.69, 9.17) is 40.5 Å². The first-order valence-corrected chi connectivity index (χ1v) is 17.8. The second-order valence-corrected chi connectivity index (χ2v) is 13.2. The first-order valence-electron chi connectivity index (χ1n) is 16.7. The van der Waals surface area contributed by atoms with Crippen molar-refractivity contribution in [3.05, 3.63) is 172 Å². The number of fused-ring (bicyclic) bond motifs is 2. The number of nitrogens with one attached hydrogen (secondary N) is 1. The zero-order chi connectivity index (χ0) is 37.2. The molecule has 0 fully saturated rings. The fourth-order valence-corrected chi connectivity index (χ4v) is 6.02. The Morgan fingerprint density at radius 3 is 1.55 bits per heavy atom. The van der Waals surface area contributed by atoms with Crippen LogP contribution in [0, 0.1) is 13.8 Å². The number of hydrogen-bond donors (Lipinski definition) is 2. The van der Waals surface area contributed by atoms with Crippen LogP contribution in [-0.4, -0.2) is 29.9 Å². The highest BCUT2D eigenvalue weighted by molar-refractivity contribution is 6.34. The van der Waals surface area contributed by atoms with E-state index in [1.807, 2.05) is 56.6 Å². The lowest BCUT2D eigenvalue weighted by atomic mass is 10.0. The van der Waals surface area contributed by atoms with Crippen molar-refractivity contribution in [1.29, 1.82) is 0 Å². The standard InChI is InChI=1S/C21H17ClN4.C13H14N2.C8H4Cl2N2/c1-14-10-17(6-8-23-14)16-4-2-15(3-5-16)12-26-21-19-13-25-20(22)11-18(19)7-9-24-21;1-10-8-13(6-7-15-10)12-4-2-11(9-14)3-5-12;9-7-3-5-1-2-11-8(10)6(5)4-12-7/h2-11,13H,12H2,1H3,(H,24,26);2-8H,9,14H2,1H3;1-4H. The largest absolute Gasteiger partial charge is 0.365 e. The Bertz CT molecular complexity index is 2460. The Balaban J connectivity index is 0.000000150. The lowest BCUT2D eigenvalue weighted by Crippen LogP contribution is -2.02. The van der Waals surface area contributed by atoms with Crippen molar-refractivity contribution < 1.29 is 0 Å². The molecule has 6 heterocycles. The Kier molecular flexibility index (Phi) is 12.5. The first-order chi connectivity index (χ1) is 25.7. The monoisotopic (exact) mass is 756 g/mol. The molecule has 0 aliphatic rings. The third-order valence-corrected chi connectivity index (χ3v) is 8.96. The van der Waals surface area contributed by atoms with E-state index in [-0.39, 0.29) is 0 Å². The van der Waals surface area contributed by atoms with Crippen molar-refractivity contribution in [3.63, 3.8) is 0 Å². The molecular formula is C42H35Cl3N8. The first kappa shape index (κ1) is 37.3. The minimum absolute atomic E-state index is 0.455. The molecule has 0 aliphatic heterocycles. The predicted molar refractivity (Wildman–Crippen MR) is 218 cm³/mol. The summed E-state index contributed by atoms with van der Waals surface area (Å²) in [6, 6.07) is 32.4. The second-order valence-electron chi connectivity index (χ2n) is 12.0. The van der Waals surface area contributed by atoms with Crippen LogP contribution in [-0.2, 0) is 13.1 Å². The van der Waals surface area contributed by atoms with Gasteiger partial charge in [-0.1, -0.05) is 83.3 Å². The molecule has 0 saturated heterocycles. The molecule has 8 nitrogen and oxygen atoms in total. The number of halogens is 3. The summed E-state index contributed by atoms with van der Waals surface area (Å²) in [4.78, 5) is 24.8. The van der Waals surface area contributed by atoms with Crippen molar-refractivity contribution in [2.75, 3.05) is 5.32 Å². The van der Waals surface area contributed by atoms with Gasteiger partial charge in [0.1, 0.15) is 21.3 Å². The number of aryl methyl sites for hydroxylation is 2. The Hall–Kier alpha value is -5.51. The van der Waals surface area contributed by atoms with Crippen LogP contribution in [0.15, 0.2) is 134 Å². The van der Waals surface area contributed by atoms with Gasteiger partial charge in [0, 0.05) is 72.4 Å². The summed E-state index contributed by atoms with van der Waals surface area (Å²) in [5.74, 6) is 0.806. The predicted octanol–water partition coefficient (Wildman–Crippen LogP) is 10.7. The van der Waals surface area contributed by atoms with Gasteiger partial charge in [-0.25, -0.2) is 19.9 Å². The van der Waals surface area contributed by atoms with E-state index in [1.165, 1.54) is 27.8 Å². The molecule has 3 N–H and O–H groups in total. The fourth-order valence-electron chi connectivity index (χ4n) is 5.47. The number of aromatic nitrogens is 6. The molecule has 0 unspecified atom stereocenters. The summed E-state index contributed by atoms with van der Waals surface area (Å²) in [7, 11) is 0. The molecule has 0 atom stereocenters. The van der Waals surface area contributed by atoms with Gasteiger partial charge in [0.05, 0.1) is 0 Å². The minimum atomic E-state index is 0.455. The van der Waals surface area contributed by atoms with Crippen molar-refractivity contribution in [2.24, 2.45) is 5.73 Å². The number of rotatable bonds is 6. The number of anilines is 1. The van der Waals surface area contributed by atoms with Gasteiger partial charge in [-0.05, 0) is 107 Å². The van der Waals surface area contributed by atoms with Gasteiger partial charge >= 0.3 is 0 Å². The van der Waals surface area contributed by atoms with Crippen LogP contribution in [0.4, 0.5) is 5.82 Å². The summed E-state index contributed by atoms with van der Waals surface area (Å²) in [6.07, 6.45) is 10.5. The molecule has 0 saturated carbocycles. The third kappa shape index (κ3) is 10.1. The molecule has 8 aromatic rings. The molecule has 0 bridgehead atoms. The highest BCUT2D eigenvalue weighted by atomic mass is 35.5. The maximum atomic E-state index is 5.96. The molecular weight excluding hydrogens is 723 g/mol. The van der Waals surface area contributed by atoms with E-state index in [2.05, 4.69) is 95.9 Å². The fraction of sp³-hybridized carbons (Fsp3) is 0.0952. The average Bonchev–Trinajstić information content (AvgIpc) is 3.18. The van der Waals surface area contributed by atoms with Gasteiger partial charge in [0.2, 0.25) is 0 Å². The molecule has 0 spiro atoms. The van der Waals surface area contributed by atoms with Crippen LogP contribution in [0.1, 0.15) is 22.5 Å². The number of benzene rings is 2. The van der Waals surface area contributed by atoms with Crippen LogP contribution in [0.3, 0.4) is 0 Å². The molecule has 2 aromatic carbocycles. The van der Waals surface area contributed by atoms with Gasteiger partial charge in [-0.15, -0.1) is 0 Å². The zero-order valence-electron chi connectivity index (χ0n) is 29.0. The molecule has 0 aliphatic carbocycles. The topological polar surface area (TPSA) is 115 Å². The number of nitrogens with zero attached hydrogens (tertiary/aromatic N) is 6. The number of pyridine rings is 6. The molecule has 0 amide bonds. The van der Waals surface area contributed by atoms with Crippen molar-refractivity contribution >= 4 is 62.2 Å². The summed E-state index contributed by atoms with van der Waals surface area (Å²) >= 11 is 17.5. The molecule has 11 heteroatoms. The Labute approximate surface area is 323 Å². The lowest BCUT2D eigenvalue weighted by Gasteiger charge is -2.09. The number of nitrogens with two attached hydrogens (primary N) is 1. The summed E-state index contributed by atoms with van der Waals surface area (Å²) in [5, 5.41) is 8.54. The zero-order valence-corrected chi connectivity index (χ0v) is 31.3. The summed E-state index contributed by atoms with van der Waals surface area (Å²) in [5.41, 5.74) is 14.7. The molecule has 53 heavy (non-hydrogen) atoms. The second kappa shape index (κ2) is 17.8. The van der Waals surface area contributed by atoms with Gasteiger partial charge in [-0.3, -0.25) is 9.97 Å². The average molecular weight is 758 g/mol. The van der Waals surface area contributed by atoms with E-state index in [0.29, 0.717) is 28.5 Å². The van der Waals surface area contributed by atoms with E-state index in [9.17, 15) is 0 Å². The van der Waals surface area contributed by atoms with Crippen LogP contribution < -0.4 is 11.1 Å². The van der Waals surface area contributed by atoms with Crippen molar-refractivity contribution in [2.45, 2.75) is 26.9 Å². The Morgan fingerprint density at radius 2 is 1.00 bits per heavy atom. The van der Waals surface area contributed by atoms with Gasteiger partial charge in [0.15, 0.2) is 0 Å². The van der Waals surface area contributed by atoms with Gasteiger partial charge in [-0.2, -0.15) is 0 Å². The third-order valence-electron chi connectivity index (χ3n) is 8.25. The summed E-state index contributed by atoms with van der Waals surface area (Å²) in [6.45, 7) is 5.28. The maximum absolute atomic E-state index is 5.96. The quantitative estimate of drug-likeness (QED) is 0.161. The highest BCUT2D eigenvalue weighted by Gasteiger charge is 2.05. The van der Waals surface area contributed by atoms with Crippen molar-refractivity contribution in [3.8, 4) is 22.3 Å². The van der Waals surface area contributed by atoms with Crippen LogP contribution in [0.25, 0.3) is 43.8 Å². The smallest absolute Gasteiger partial charge is 0.138 e. The molecule has 264 valence electrons. The van der Waals surface area contributed by atoms with E-state index < -0.39 is 0 Å². The van der Waals surface area contributed by atoms with Crippen molar-refractivity contribution in [1.82, 2.24) is 29.9 Å². The summed E-state index contributed by atoms with van der Waals surface area (Å²) < 4.78 is 0. The molecule has 0 radical (unpaired) electrons. The SMILES string of the molecule is Cc1cc(-c2ccc(CN)cc2)ccn1.Cc1cc(-c2ccc(CNc3nccc4cc(Cl)ncc34)cc2)ccn1.Clc1cc2ccnc(Cl)c2cn1.